The van der Waals surface area contributed by atoms with Crippen molar-refractivity contribution >= 4 is 23.0 Å². The molecule has 5 heteroatoms. The first-order chi connectivity index (χ1) is 10.1. The molecular formula is C16H16F2N2S. The van der Waals surface area contributed by atoms with Crippen LogP contribution in [-0.2, 0) is 6.54 Å². The van der Waals surface area contributed by atoms with Crippen LogP contribution in [0.25, 0.3) is 0 Å². The fourth-order valence-electron chi connectivity index (χ4n) is 1.94. The molecule has 1 N–H and O–H groups in total. The van der Waals surface area contributed by atoms with Crippen LogP contribution in [0.5, 0.6) is 0 Å². The normalized spacial score (nSPS) is 10.2. The molecule has 0 aromatic heterocycles. The second kappa shape index (κ2) is 7.13. The minimum atomic E-state index is -0.278. The molecule has 0 atom stereocenters. The van der Waals surface area contributed by atoms with Crippen molar-refractivity contribution in [2.45, 2.75) is 13.5 Å². The summed E-state index contributed by atoms with van der Waals surface area (Å²) in [5.41, 5.74) is 1.77. The molecule has 0 amide bonds. The highest BCUT2D eigenvalue weighted by Crippen LogP contribution is 2.15. The van der Waals surface area contributed by atoms with Gasteiger partial charge in [-0.3, -0.25) is 0 Å². The molecule has 0 saturated carbocycles. The summed E-state index contributed by atoms with van der Waals surface area (Å²) in [7, 11) is 0. The van der Waals surface area contributed by atoms with E-state index in [2.05, 4.69) is 5.32 Å². The van der Waals surface area contributed by atoms with Crippen molar-refractivity contribution in [3.05, 3.63) is 65.7 Å². The number of thiocarbonyl (C=S) groups is 1. The van der Waals surface area contributed by atoms with Crippen LogP contribution in [0.15, 0.2) is 48.5 Å². The van der Waals surface area contributed by atoms with Crippen molar-refractivity contribution in [3.63, 3.8) is 0 Å². The van der Waals surface area contributed by atoms with Crippen LogP contribution < -0.4 is 10.2 Å². The third kappa shape index (κ3) is 4.23. The van der Waals surface area contributed by atoms with Gasteiger partial charge in [-0.2, -0.15) is 0 Å². The van der Waals surface area contributed by atoms with E-state index < -0.39 is 0 Å². The van der Waals surface area contributed by atoms with Crippen LogP contribution in [0.2, 0.25) is 0 Å². The van der Waals surface area contributed by atoms with Crippen LogP contribution in [0.1, 0.15) is 12.5 Å². The van der Waals surface area contributed by atoms with Crippen LogP contribution in [-0.4, -0.2) is 11.7 Å². The lowest BCUT2D eigenvalue weighted by Gasteiger charge is -2.24. The predicted octanol–water partition coefficient (Wildman–Crippen LogP) is 3.87. The van der Waals surface area contributed by atoms with Crippen molar-refractivity contribution < 1.29 is 8.78 Å². The van der Waals surface area contributed by atoms with Gasteiger partial charge < -0.3 is 10.2 Å². The van der Waals surface area contributed by atoms with Crippen LogP contribution >= 0.6 is 12.2 Å². The Morgan fingerprint density at radius 1 is 1.00 bits per heavy atom. The Kier molecular flexibility index (Phi) is 5.22. The number of nitrogens with one attached hydrogen (secondary N) is 1. The van der Waals surface area contributed by atoms with Crippen molar-refractivity contribution in [2.24, 2.45) is 0 Å². The smallest absolute Gasteiger partial charge is 0.173 e. The summed E-state index contributed by atoms with van der Waals surface area (Å²) in [6, 6.07) is 12.4. The topological polar surface area (TPSA) is 15.3 Å². The van der Waals surface area contributed by atoms with E-state index in [4.69, 9.17) is 12.2 Å². The summed E-state index contributed by atoms with van der Waals surface area (Å²) in [6.45, 7) is 3.15. The second-order valence-electron chi connectivity index (χ2n) is 4.51. The van der Waals surface area contributed by atoms with Gasteiger partial charge in [0.25, 0.3) is 0 Å². The van der Waals surface area contributed by atoms with E-state index in [-0.39, 0.29) is 11.6 Å². The van der Waals surface area contributed by atoms with E-state index in [0.29, 0.717) is 18.2 Å². The fourth-order valence-corrected chi connectivity index (χ4v) is 2.25. The lowest BCUT2D eigenvalue weighted by Crippen LogP contribution is -2.39. The summed E-state index contributed by atoms with van der Waals surface area (Å²) in [6.07, 6.45) is 0. The molecule has 0 unspecified atom stereocenters. The van der Waals surface area contributed by atoms with Gasteiger partial charge in [0.1, 0.15) is 11.6 Å². The van der Waals surface area contributed by atoms with Gasteiger partial charge in [-0.25, -0.2) is 8.78 Å². The summed E-state index contributed by atoms with van der Waals surface area (Å²) in [5.74, 6) is -0.539. The van der Waals surface area contributed by atoms with Gasteiger partial charge in [0.2, 0.25) is 0 Å². The van der Waals surface area contributed by atoms with Gasteiger partial charge in [0.05, 0.1) is 0 Å². The van der Waals surface area contributed by atoms with E-state index in [0.717, 1.165) is 11.3 Å². The maximum Gasteiger partial charge on any atom is 0.173 e. The minimum Gasteiger partial charge on any atom is -0.358 e. The minimum absolute atomic E-state index is 0.261. The molecule has 110 valence electrons. The molecule has 2 aromatic carbocycles. The molecule has 0 bridgehead atoms. The van der Waals surface area contributed by atoms with Gasteiger partial charge in [-0.15, -0.1) is 0 Å². The van der Waals surface area contributed by atoms with Gasteiger partial charge in [-0.1, -0.05) is 12.1 Å². The molecule has 0 saturated heterocycles. The van der Waals surface area contributed by atoms with E-state index in [1.54, 1.807) is 24.3 Å². The Hall–Kier alpha value is -2.01. The highest BCUT2D eigenvalue weighted by molar-refractivity contribution is 7.80. The Morgan fingerprint density at radius 2 is 1.52 bits per heavy atom. The lowest BCUT2D eigenvalue weighted by atomic mass is 10.2. The van der Waals surface area contributed by atoms with Crippen molar-refractivity contribution in [1.29, 1.82) is 0 Å². The Morgan fingerprint density at radius 3 is 2.05 bits per heavy atom. The zero-order valence-corrected chi connectivity index (χ0v) is 12.5. The third-order valence-electron chi connectivity index (χ3n) is 3.06. The van der Waals surface area contributed by atoms with Gasteiger partial charge in [0.15, 0.2) is 5.11 Å². The van der Waals surface area contributed by atoms with E-state index >= 15 is 0 Å². The first-order valence-corrected chi connectivity index (χ1v) is 7.06. The predicted molar refractivity (Wildman–Crippen MR) is 85.3 cm³/mol. The zero-order chi connectivity index (χ0) is 15.2. The zero-order valence-electron chi connectivity index (χ0n) is 11.6. The molecule has 0 radical (unpaired) electrons. The number of halogens is 2. The van der Waals surface area contributed by atoms with Crippen LogP contribution in [0.3, 0.4) is 0 Å². The molecule has 0 heterocycles. The first kappa shape index (κ1) is 15.4. The molecule has 0 spiro atoms. The largest absolute Gasteiger partial charge is 0.358 e. The molecular weight excluding hydrogens is 290 g/mol. The standard InChI is InChI=1S/C16H16F2N2S/c1-2-20(15-9-7-14(18)8-10-15)16(21)19-11-12-3-5-13(17)6-4-12/h3-10H,2,11H2,1H3,(H,19,21). The number of hydrogen-bond donors (Lipinski definition) is 1. The number of hydrogen-bond acceptors (Lipinski definition) is 1. The Labute approximate surface area is 128 Å². The highest BCUT2D eigenvalue weighted by atomic mass is 32.1. The highest BCUT2D eigenvalue weighted by Gasteiger charge is 2.09. The van der Waals surface area contributed by atoms with Gasteiger partial charge in [-0.05, 0) is 61.1 Å². The summed E-state index contributed by atoms with van der Waals surface area (Å²) in [5, 5.41) is 3.67. The molecule has 0 aliphatic carbocycles. The molecule has 0 fully saturated rings. The molecule has 0 aliphatic heterocycles. The van der Waals surface area contributed by atoms with E-state index in [1.165, 1.54) is 24.3 Å². The number of benzene rings is 2. The monoisotopic (exact) mass is 306 g/mol. The summed E-state index contributed by atoms with van der Waals surface area (Å²) < 4.78 is 25.8. The lowest BCUT2D eigenvalue weighted by molar-refractivity contribution is 0.626. The summed E-state index contributed by atoms with van der Waals surface area (Å²) in [4.78, 5) is 1.87. The average molecular weight is 306 g/mol. The quantitative estimate of drug-likeness (QED) is 0.863. The summed E-state index contributed by atoms with van der Waals surface area (Å²) >= 11 is 5.36. The van der Waals surface area contributed by atoms with Gasteiger partial charge >= 0.3 is 0 Å². The SMILES string of the molecule is CCN(C(=S)NCc1ccc(F)cc1)c1ccc(F)cc1. The van der Waals surface area contributed by atoms with Crippen molar-refractivity contribution in [3.8, 4) is 0 Å². The molecule has 2 nitrogen and oxygen atoms in total. The molecule has 2 rings (SSSR count). The van der Waals surface area contributed by atoms with Crippen molar-refractivity contribution in [1.82, 2.24) is 5.32 Å². The van der Waals surface area contributed by atoms with Crippen LogP contribution in [0, 0.1) is 11.6 Å². The fraction of sp³-hybridized carbons (Fsp3) is 0.188. The Balaban J connectivity index is 2.00. The second-order valence-corrected chi connectivity index (χ2v) is 4.89. The average Bonchev–Trinajstić information content (AvgIpc) is 2.49. The first-order valence-electron chi connectivity index (χ1n) is 6.65. The maximum atomic E-state index is 13.0. The Bertz CT molecular complexity index is 597. The molecule has 21 heavy (non-hydrogen) atoms. The maximum absolute atomic E-state index is 13.0. The van der Waals surface area contributed by atoms with Crippen molar-refractivity contribution in [2.75, 3.05) is 11.4 Å². The molecule has 2 aromatic rings. The van der Waals surface area contributed by atoms with Crippen LogP contribution in [0.4, 0.5) is 14.5 Å². The number of anilines is 1. The molecule has 0 aliphatic rings. The third-order valence-corrected chi connectivity index (χ3v) is 3.42. The number of rotatable bonds is 4. The number of nitrogens with zero attached hydrogens (tertiary/aromatic N) is 1. The van der Waals surface area contributed by atoms with E-state index in [1.807, 2.05) is 11.8 Å². The van der Waals surface area contributed by atoms with E-state index in [9.17, 15) is 8.78 Å². The van der Waals surface area contributed by atoms with Gasteiger partial charge in [0, 0.05) is 18.8 Å².